The van der Waals surface area contributed by atoms with Gasteiger partial charge in [-0.05, 0) is 19.3 Å². The topological polar surface area (TPSA) is 84.2 Å². The maximum atomic E-state index is 12.1. The fraction of sp³-hybridized carbons (Fsp3) is 0.833. The van der Waals surface area contributed by atoms with E-state index in [1.54, 1.807) is 0 Å². The van der Waals surface area contributed by atoms with Crippen molar-refractivity contribution in [1.82, 2.24) is 10.6 Å². The second-order valence-electron chi connectivity index (χ2n) is 5.23. The van der Waals surface area contributed by atoms with Crippen molar-refractivity contribution >= 4 is 11.8 Å². The molecule has 1 aliphatic carbocycles. The quantitative estimate of drug-likeness (QED) is 0.636. The van der Waals surface area contributed by atoms with Crippen molar-refractivity contribution in [3.63, 3.8) is 0 Å². The van der Waals surface area contributed by atoms with Crippen molar-refractivity contribution in [3.8, 4) is 0 Å². The van der Waals surface area contributed by atoms with E-state index in [9.17, 15) is 9.59 Å². The van der Waals surface area contributed by atoms with Crippen molar-refractivity contribution in [2.45, 2.75) is 56.5 Å². The van der Waals surface area contributed by atoms with E-state index in [0.29, 0.717) is 19.4 Å². The fourth-order valence-corrected chi connectivity index (χ4v) is 2.59. The maximum absolute atomic E-state index is 12.1. The number of nitrogens with one attached hydrogen (secondary N) is 2. The number of carbonyl (C=O) groups excluding carboxylic acids is 2. The molecule has 1 aliphatic heterocycles. The van der Waals surface area contributed by atoms with Crippen LogP contribution in [-0.2, 0) is 9.59 Å². The fourth-order valence-electron chi connectivity index (χ4n) is 2.59. The minimum atomic E-state index is -0.681. The standard InChI is InChI=1S/C12H21N3O2/c13-12(6-2-1-3-7-12)11(17)15-9-4-5-10(16)14-8-9/h9H,1-8,13H2,(H,14,16)(H,15,17). The molecule has 2 fully saturated rings. The number of rotatable bonds is 2. The van der Waals surface area contributed by atoms with Gasteiger partial charge in [0.25, 0.3) is 0 Å². The molecule has 0 radical (unpaired) electrons. The van der Waals surface area contributed by atoms with Crippen LogP contribution >= 0.6 is 0 Å². The molecule has 2 aliphatic rings. The minimum Gasteiger partial charge on any atom is -0.354 e. The maximum Gasteiger partial charge on any atom is 0.240 e. The van der Waals surface area contributed by atoms with Gasteiger partial charge in [0.15, 0.2) is 0 Å². The average Bonchev–Trinajstić information content (AvgIpc) is 2.33. The zero-order chi connectivity index (χ0) is 12.3. The highest BCUT2D eigenvalue weighted by atomic mass is 16.2. The number of hydrogen-bond donors (Lipinski definition) is 3. The van der Waals surface area contributed by atoms with Crippen LogP contribution in [0.25, 0.3) is 0 Å². The summed E-state index contributed by atoms with van der Waals surface area (Å²) in [6.45, 7) is 0.528. The van der Waals surface area contributed by atoms with Gasteiger partial charge in [-0.1, -0.05) is 19.3 Å². The number of nitrogens with two attached hydrogens (primary N) is 1. The highest BCUT2D eigenvalue weighted by Crippen LogP contribution is 2.26. The van der Waals surface area contributed by atoms with Crippen LogP contribution in [0.2, 0.25) is 0 Å². The minimum absolute atomic E-state index is 0.0432. The van der Waals surface area contributed by atoms with Crippen LogP contribution in [0.1, 0.15) is 44.9 Å². The van der Waals surface area contributed by atoms with E-state index >= 15 is 0 Å². The summed E-state index contributed by atoms with van der Waals surface area (Å²) < 4.78 is 0. The van der Waals surface area contributed by atoms with E-state index in [1.165, 1.54) is 6.42 Å². The van der Waals surface area contributed by atoms with Crippen molar-refractivity contribution in [2.24, 2.45) is 5.73 Å². The van der Waals surface area contributed by atoms with E-state index in [1.807, 2.05) is 0 Å². The molecule has 1 saturated heterocycles. The van der Waals surface area contributed by atoms with E-state index in [4.69, 9.17) is 5.73 Å². The van der Waals surface area contributed by atoms with Gasteiger partial charge in [0.1, 0.15) is 0 Å². The molecule has 1 heterocycles. The molecule has 2 rings (SSSR count). The summed E-state index contributed by atoms with van der Waals surface area (Å²) >= 11 is 0. The van der Waals surface area contributed by atoms with Crippen LogP contribution < -0.4 is 16.4 Å². The summed E-state index contributed by atoms with van der Waals surface area (Å²) in [6.07, 6.45) is 5.99. The summed E-state index contributed by atoms with van der Waals surface area (Å²) in [7, 11) is 0. The first-order valence-electron chi connectivity index (χ1n) is 6.47. The first-order chi connectivity index (χ1) is 8.10. The molecule has 0 aromatic rings. The first kappa shape index (κ1) is 12.4. The zero-order valence-electron chi connectivity index (χ0n) is 10.1. The van der Waals surface area contributed by atoms with E-state index in [-0.39, 0.29) is 17.9 Å². The average molecular weight is 239 g/mol. The highest BCUT2D eigenvalue weighted by molar-refractivity contribution is 5.86. The Morgan fingerprint density at radius 3 is 2.65 bits per heavy atom. The molecule has 0 aromatic heterocycles. The second kappa shape index (κ2) is 5.04. The highest BCUT2D eigenvalue weighted by Gasteiger charge is 2.36. The van der Waals surface area contributed by atoms with Crippen molar-refractivity contribution in [3.05, 3.63) is 0 Å². The first-order valence-corrected chi connectivity index (χ1v) is 6.47. The summed E-state index contributed by atoms with van der Waals surface area (Å²) in [5, 5.41) is 5.73. The molecular formula is C12H21N3O2. The summed E-state index contributed by atoms with van der Waals surface area (Å²) in [4.78, 5) is 23.1. The molecule has 4 N–H and O–H groups in total. The van der Waals surface area contributed by atoms with Crippen molar-refractivity contribution < 1.29 is 9.59 Å². The molecule has 0 aromatic carbocycles. The summed E-state index contributed by atoms with van der Waals surface area (Å²) in [6, 6.07) is 0.0440. The SMILES string of the molecule is NC1(C(=O)NC2CCC(=O)NC2)CCCCC1. The number of carbonyl (C=O) groups is 2. The molecule has 1 atom stereocenters. The molecule has 0 spiro atoms. The number of amides is 2. The van der Waals surface area contributed by atoms with Crippen LogP contribution in [0.5, 0.6) is 0 Å². The lowest BCUT2D eigenvalue weighted by Gasteiger charge is -2.34. The molecule has 1 unspecified atom stereocenters. The third-order valence-corrected chi connectivity index (χ3v) is 3.80. The van der Waals surface area contributed by atoms with Gasteiger partial charge in [-0.2, -0.15) is 0 Å². The molecule has 5 nitrogen and oxygen atoms in total. The lowest BCUT2D eigenvalue weighted by atomic mass is 9.81. The smallest absolute Gasteiger partial charge is 0.240 e. The normalized spacial score (nSPS) is 28.3. The number of hydrogen-bond acceptors (Lipinski definition) is 3. The predicted octanol–water partition coefficient (Wildman–Crippen LogP) is 0.0428. The van der Waals surface area contributed by atoms with Crippen molar-refractivity contribution in [2.75, 3.05) is 6.54 Å². The van der Waals surface area contributed by atoms with Crippen LogP contribution in [-0.4, -0.2) is 29.9 Å². The van der Waals surface area contributed by atoms with Gasteiger partial charge in [0.2, 0.25) is 11.8 Å². The van der Waals surface area contributed by atoms with Gasteiger partial charge in [-0.25, -0.2) is 0 Å². The Hall–Kier alpha value is -1.10. The van der Waals surface area contributed by atoms with Crippen molar-refractivity contribution in [1.29, 1.82) is 0 Å². The third-order valence-electron chi connectivity index (χ3n) is 3.80. The van der Waals surface area contributed by atoms with Gasteiger partial charge >= 0.3 is 0 Å². The second-order valence-corrected chi connectivity index (χ2v) is 5.23. The van der Waals surface area contributed by atoms with E-state index in [0.717, 1.165) is 25.7 Å². The van der Waals surface area contributed by atoms with Crippen LogP contribution in [0.3, 0.4) is 0 Å². The van der Waals surface area contributed by atoms with Gasteiger partial charge in [-0.15, -0.1) is 0 Å². The van der Waals surface area contributed by atoms with Gasteiger partial charge in [0, 0.05) is 19.0 Å². The van der Waals surface area contributed by atoms with Gasteiger partial charge in [0.05, 0.1) is 5.54 Å². The Balaban J connectivity index is 1.85. The molecule has 2 amide bonds. The lowest BCUT2D eigenvalue weighted by Crippen LogP contribution is -2.59. The van der Waals surface area contributed by atoms with Crippen LogP contribution in [0.4, 0.5) is 0 Å². The number of piperidine rings is 1. The molecule has 96 valence electrons. The summed E-state index contributed by atoms with van der Waals surface area (Å²) in [5.41, 5.74) is 5.47. The Morgan fingerprint density at radius 1 is 1.35 bits per heavy atom. The van der Waals surface area contributed by atoms with E-state index in [2.05, 4.69) is 10.6 Å². The monoisotopic (exact) mass is 239 g/mol. The Labute approximate surface area is 102 Å². The van der Waals surface area contributed by atoms with E-state index < -0.39 is 5.54 Å². The van der Waals surface area contributed by atoms with Crippen LogP contribution in [0, 0.1) is 0 Å². The van der Waals surface area contributed by atoms with Gasteiger partial charge in [-0.3, -0.25) is 9.59 Å². The summed E-state index contributed by atoms with van der Waals surface area (Å²) in [5.74, 6) is 0.0222. The van der Waals surface area contributed by atoms with Crippen LogP contribution in [0.15, 0.2) is 0 Å². The zero-order valence-corrected chi connectivity index (χ0v) is 10.1. The Morgan fingerprint density at radius 2 is 2.06 bits per heavy atom. The predicted molar refractivity (Wildman–Crippen MR) is 64.2 cm³/mol. The molecular weight excluding hydrogens is 218 g/mol. The molecule has 17 heavy (non-hydrogen) atoms. The Bertz CT molecular complexity index is 301. The largest absolute Gasteiger partial charge is 0.354 e. The lowest BCUT2D eigenvalue weighted by molar-refractivity contribution is -0.130. The third kappa shape index (κ3) is 2.97. The van der Waals surface area contributed by atoms with Gasteiger partial charge < -0.3 is 16.4 Å². The molecule has 1 saturated carbocycles. The molecule has 5 heteroatoms. The molecule has 0 bridgehead atoms. The Kier molecular flexibility index (Phi) is 3.66.